The molecular weight excluding hydrogens is 328 g/mol. The fourth-order valence-corrected chi connectivity index (χ4v) is 3.38. The van der Waals surface area contributed by atoms with Gasteiger partial charge in [-0.05, 0) is 32.2 Å². The molecular formula is C16H16N4O3S. The van der Waals surface area contributed by atoms with Crippen LogP contribution in [0.5, 0.6) is 11.5 Å². The summed E-state index contributed by atoms with van der Waals surface area (Å²) in [6.45, 7) is 3.63. The average molecular weight is 344 g/mol. The van der Waals surface area contributed by atoms with Crippen molar-refractivity contribution in [2.75, 3.05) is 13.8 Å². The Hall–Kier alpha value is -2.45. The lowest BCUT2D eigenvalue weighted by molar-refractivity contribution is 0.174. The molecule has 1 aromatic carbocycles. The van der Waals surface area contributed by atoms with Gasteiger partial charge in [-0.2, -0.15) is 4.98 Å². The molecule has 8 heteroatoms. The van der Waals surface area contributed by atoms with Crippen LogP contribution in [0.1, 0.15) is 15.8 Å². The Balaban J connectivity index is 1.44. The van der Waals surface area contributed by atoms with Crippen molar-refractivity contribution in [3.63, 3.8) is 0 Å². The van der Waals surface area contributed by atoms with Gasteiger partial charge in [0, 0.05) is 23.2 Å². The third-order valence-corrected chi connectivity index (χ3v) is 4.50. The van der Waals surface area contributed by atoms with Crippen LogP contribution in [-0.4, -0.2) is 33.9 Å². The van der Waals surface area contributed by atoms with Gasteiger partial charge in [0.2, 0.25) is 18.5 Å². The largest absolute Gasteiger partial charge is 0.454 e. The van der Waals surface area contributed by atoms with Gasteiger partial charge in [0.05, 0.1) is 11.6 Å². The van der Waals surface area contributed by atoms with E-state index in [1.54, 1.807) is 11.3 Å². The zero-order valence-corrected chi connectivity index (χ0v) is 14.2. The molecule has 0 saturated carbocycles. The molecule has 7 nitrogen and oxygen atoms in total. The van der Waals surface area contributed by atoms with Gasteiger partial charge in [0.25, 0.3) is 0 Å². The number of hydrogen-bond donors (Lipinski definition) is 0. The highest BCUT2D eigenvalue weighted by Gasteiger charge is 2.17. The van der Waals surface area contributed by atoms with Gasteiger partial charge in [0.15, 0.2) is 11.5 Å². The molecule has 0 N–H and O–H groups in total. The first-order valence-corrected chi connectivity index (χ1v) is 8.31. The van der Waals surface area contributed by atoms with Gasteiger partial charge < -0.3 is 14.0 Å². The zero-order chi connectivity index (χ0) is 16.5. The van der Waals surface area contributed by atoms with Crippen LogP contribution in [0.3, 0.4) is 0 Å². The maximum Gasteiger partial charge on any atom is 0.241 e. The second kappa shape index (κ2) is 6.21. The lowest BCUT2D eigenvalue weighted by Gasteiger charge is -2.11. The van der Waals surface area contributed by atoms with Crippen LogP contribution in [0.25, 0.3) is 11.4 Å². The van der Waals surface area contributed by atoms with E-state index < -0.39 is 0 Å². The van der Waals surface area contributed by atoms with Gasteiger partial charge in [-0.3, -0.25) is 4.90 Å². The first kappa shape index (κ1) is 15.1. The molecule has 4 rings (SSSR count). The van der Waals surface area contributed by atoms with Gasteiger partial charge in [-0.25, -0.2) is 4.98 Å². The molecule has 3 aromatic rings. The number of ether oxygens (including phenoxy) is 2. The second-order valence-corrected chi connectivity index (χ2v) is 6.92. The minimum Gasteiger partial charge on any atom is -0.454 e. The maximum atomic E-state index is 5.38. The Morgan fingerprint density at radius 1 is 1.21 bits per heavy atom. The van der Waals surface area contributed by atoms with Crippen molar-refractivity contribution in [1.29, 1.82) is 0 Å². The Kier molecular flexibility index (Phi) is 3.91. The van der Waals surface area contributed by atoms with Gasteiger partial charge in [0.1, 0.15) is 0 Å². The molecule has 0 atom stereocenters. The molecule has 0 fully saturated rings. The quantitative estimate of drug-likeness (QED) is 0.704. The third-order valence-electron chi connectivity index (χ3n) is 3.60. The number of hydrogen-bond acceptors (Lipinski definition) is 8. The highest BCUT2D eigenvalue weighted by Crippen LogP contribution is 2.35. The fourth-order valence-electron chi connectivity index (χ4n) is 2.50. The molecule has 0 radical (unpaired) electrons. The number of nitrogens with zero attached hydrogens (tertiary/aromatic N) is 4. The summed E-state index contributed by atoms with van der Waals surface area (Å²) in [4.78, 5) is 12.1. The Morgan fingerprint density at radius 2 is 2.08 bits per heavy atom. The van der Waals surface area contributed by atoms with E-state index in [0.29, 0.717) is 24.0 Å². The minimum absolute atomic E-state index is 0.248. The van der Waals surface area contributed by atoms with Crippen molar-refractivity contribution in [2.45, 2.75) is 20.0 Å². The smallest absolute Gasteiger partial charge is 0.241 e. The molecule has 24 heavy (non-hydrogen) atoms. The summed E-state index contributed by atoms with van der Waals surface area (Å²) in [7, 11) is 2.01. The van der Waals surface area contributed by atoms with Crippen molar-refractivity contribution >= 4 is 11.3 Å². The van der Waals surface area contributed by atoms with Gasteiger partial charge in [-0.15, -0.1) is 11.3 Å². The summed E-state index contributed by atoms with van der Waals surface area (Å²) in [5.74, 6) is 2.57. The molecule has 0 saturated heterocycles. The summed E-state index contributed by atoms with van der Waals surface area (Å²) >= 11 is 1.69. The van der Waals surface area contributed by atoms with Crippen molar-refractivity contribution in [3.05, 3.63) is 40.2 Å². The summed E-state index contributed by atoms with van der Waals surface area (Å²) in [6.07, 6.45) is 1.91. The monoisotopic (exact) mass is 344 g/mol. The number of aromatic nitrogens is 3. The Labute approximate surface area is 142 Å². The standard InChI is InChI=1S/C16H16N4O3S/c1-10-17-6-12(24-10)7-20(2)8-15-18-16(19-23-15)11-3-4-13-14(5-11)22-9-21-13/h3-6H,7-9H2,1-2H3. The average Bonchev–Trinajstić information content (AvgIpc) is 3.27. The van der Waals surface area contributed by atoms with E-state index in [9.17, 15) is 0 Å². The molecule has 2 aromatic heterocycles. The number of benzene rings is 1. The number of rotatable bonds is 5. The van der Waals surface area contributed by atoms with Crippen LogP contribution < -0.4 is 9.47 Å². The highest BCUT2D eigenvalue weighted by molar-refractivity contribution is 7.11. The molecule has 0 spiro atoms. The lowest BCUT2D eigenvalue weighted by atomic mass is 10.2. The van der Waals surface area contributed by atoms with Crippen LogP contribution in [0.2, 0.25) is 0 Å². The van der Waals surface area contributed by atoms with E-state index in [4.69, 9.17) is 14.0 Å². The number of thiazole rings is 1. The molecule has 1 aliphatic heterocycles. The summed E-state index contributed by atoms with van der Waals surface area (Å²) < 4.78 is 16.1. The molecule has 1 aliphatic rings. The van der Waals surface area contributed by atoms with Crippen molar-refractivity contribution in [2.24, 2.45) is 0 Å². The third kappa shape index (κ3) is 3.10. The number of fused-ring (bicyclic) bond motifs is 1. The topological polar surface area (TPSA) is 73.5 Å². The predicted molar refractivity (Wildman–Crippen MR) is 87.9 cm³/mol. The van der Waals surface area contributed by atoms with E-state index in [1.165, 1.54) is 4.88 Å². The van der Waals surface area contributed by atoms with Crippen molar-refractivity contribution in [3.8, 4) is 22.9 Å². The second-order valence-electron chi connectivity index (χ2n) is 5.60. The van der Waals surface area contributed by atoms with E-state index in [1.807, 2.05) is 38.4 Å². The zero-order valence-electron chi connectivity index (χ0n) is 13.4. The number of aryl methyl sites for hydroxylation is 1. The predicted octanol–water partition coefficient (Wildman–Crippen LogP) is 2.86. The molecule has 0 unspecified atom stereocenters. The van der Waals surface area contributed by atoms with Crippen LogP contribution in [0, 0.1) is 6.92 Å². The van der Waals surface area contributed by atoms with Crippen LogP contribution in [0.15, 0.2) is 28.9 Å². The molecule has 0 amide bonds. The Bertz CT molecular complexity index is 861. The van der Waals surface area contributed by atoms with Crippen LogP contribution in [0.4, 0.5) is 0 Å². The summed E-state index contributed by atoms with van der Waals surface area (Å²) in [6, 6.07) is 5.61. The van der Waals surface area contributed by atoms with Crippen molar-refractivity contribution < 1.29 is 14.0 Å². The summed E-state index contributed by atoms with van der Waals surface area (Å²) in [5.41, 5.74) is 0.843. The van der Waals surface area contributed by atoms with E-state index in [2.05, 4.69) is 20.0 Å². The SMILES string of the molecule is Cc1ncc(CN(C)Cc2nc(-c3ccc4c(c3)OCO4)no2)s1. The molecule has 124 valence electrons. The highest BCUT2D eigenvalue weighted by atomic mass is 32.1. The van der Waals surface area contributed by atoms with E-state index >= 15 is 0 Å². The minimum atomic E-state index is 0.248. The first-order valence-electron chi connectivity index (χ1n) is 7.50. The van der Waals surface area contributed by atoms with E-state index in [0.717, 1.165) is 22.9 Å². The normalized spacial score (nSPS) is 13.0. The Morgan fingerprint density at radius 3 is 2.92 bits per heavy atom. The van der Waals surface area contributed by atoms with Crippen LogP contribution >= 0.6 is 11.3 Å². The van der Waals surface area contributed by atoms with Gasteiger partial charge in [-0.1, -0.05) is 5.16 Å². The molecule has 3 heterocycles. The fraction of sp³-hybridized carbons (Fsp3) is 0.312. The molecule has 0 bridgehead atoms. The first-order chi connectivity index (χ1) is 11.7. The maximum absolute atomic E-state index is 5.38. The van der Waals surface area contributed by atoms with E-state index in [-0.39, 0.29) is 6.79 Å². The van der Waals surface area contributed by atoms with Crippen molar-refractivity contribution in [1.82, 2.24) is 20.0 Å². The summed E-state index contributed by atoms with van der Waals surface area (Å²) in [5, 5.41) is 5.13. The van der Waals surface area contributed by atoms with Crippen LogP contribution in [-0.2, 0) is 13.1 Å². The van der Waals surface area contributed by atoms with Gasteiger partial charge >= 0.3 is 0 Å². The molecule has 0 aliphatic carbocycles. The lowest BCUT2D eigenvalue weighted by Crippen LogP contribution is -2.16.